The van der Waals surface area contributed by atoms with Crippen molar-refractivity contribution in [2.45, 2.75) is 53.1 Å². The fourth-order valence-electron chi connectivity index (χ4n) is 5.33. The largest absolute Gasteiger partial charge is 0.454 e. The highest BCUT2D eigenvalue weighted by Gasteiger charge is 2.27. The van der Waals surface area contributed by atoms with Crippen molar-refractivity contribution in [2.75, 3.05) is 0 Å². The maximum Gasteiger partial charge on any atom is 0.216 e. The standard InChI is InChI=1S/C33H37N2OSi2/c1-21-10-16-26-27-17-13-24(19-34)31(23-11-14-25(15-12-23)37(4,5)6)33(27)36-32(26)30(21)28-18-22(2)29(20-35(28)3)38(7,8)9/h10-18,20H,1-9H3/q+1/i2D3. The second-order valence-corrected chi connectivity index (χ2v) is 22.5. The first-order chi connectivity index (χ1) is 19.0. The molecule has 5 rings (SSSR count). The van der Waals surface area contributed by atoms with Crippen LogP contribution >= 0.6 is 0 Å². The number of rotatable bonds is 4. The SMILES string of the molecule is [2H]C([2H])([2H])c1cc(-c2c(C)ccc3c2oc2c(-c4ccc([Si](C)(C)C)cc4)c(C#N)ccc23)[n+](C)cc1[Si](C)(C)C. The molecular weight excluding hydrogens is 497 g/mol. The zero-order chi connectivity index (χ0) is 30.1. The zero-order valence-electron chi connectivity index (χ0n) is 26.6. The van der Waals surface area contributed by atoms with E-state index in [0.29, 0.717) is 22.3 Å². The molecule has 5 aromatic rings. The first kappa shape index (κ1) is 22.5. The van der Waals surface area contributed by atoms with Crippen molar-refractivity contribution in [3.63, 3.8) is 0 Å². The third-order valence-corrected chi connectivity index (χ3v) is 11.6. The predicted molar refractivity (Wildman–Crippen MR) is 166 cm³/mol. The van der Waals surface area contributed by atoms with Gasteiger partial charge in [0.1, 0.15) is 18.2 Å². The van der Waals surface area contributed by atoms with Gasteiger partial charge in [0.15, 0.2) is 6.20 Å². The number of nitriles is 1. The van der Waals surface area contributed by atoms with Gasteiger partial charge in [0, 0.05) is 31.7 Å². The van der Waals surface area contributed by atoms with Crippen LogP contribution in [0.3, 0.4) is 0 Å². The molecule has 2 aromatic heterocycles. The molecule has 0 unspecified atom stereocenters. The summed E-state index contributed by atoms with van der Waals surface area (Å²) in [5.74, 6) is 0. The lowest BCUT2D eigenvalue weighted by Crippen LogP contribution is -2.46. The number of furan rings is 1. The van der Waals surface area contributed by atoms with E-state index in [1.165, 1.54) is 5.19 Å². The van der Waals surface area contributed by atoms with Gasteiger partial charge in [-0.3, -0.25) is 0 Å². The molecule has 3 nitrogen and oxygen atoms in total. The number of fused-ring (bicyclic) bond motifs is 3. The molecule has 0 radical (unpaired) electrons. The summed E-state index contributed by atoms with van der Waals surface area (Å²) in [5.41, 5.74) is 6.72. The first-order valence-electron chi connectivity index (χ1n) is 14.6. The third kappa shape index (κ3) is 4.32. The lowest BCUT2D eigenvalue weighted by Gasteiger charge is -2.18. The number of hydrogen-bond donors (Lipinski definition) is 0. The Balaban J connectivity index is 1.84. The van der Waals surface area contributed by atoms with Gasteiger partial charge in [0.2, 0.25) is 5.69 Å². The fourth-order valence-corrected chi connectivity index (χ4v) is 7.96. The average molecular weight is 537 g/mol. The lowest BCUT2D eigenvalue weighted by molar-refractivity contribution is -0.659. The van der Waals surface area contributed by atoms with Crippen LogP contribution in [0.5, 0.6) is 0 Å². The molecule has 0 aliphatic carbocycles. The van der Waals surface area contributed by atoms with Crippen LogP contribution in [-0.4, -0.2) is 16.1 Å². The maximum absolute atomic E-state index is 10.1. The Morgan fingerprint density at radius 2 is 1.45 bits per heavy atom. The van der Waals surface area contributed by atoms with Crippen LogP contribution in [0.25, 0.3) is 44.3 Å². The van der Waals surface area contributed by atoms with Gasteiger partial charge in [-0.2, -0.15) is 5.26 Å². The van der Waals surface area contributed by atoms with E-state index in [1.54, 1.807) is 0 Å². The average Bonchev–Trinajstić information content (AvgIpc) is 3.25. The molecule has 0 spiro atoms. The number of hydrogen-bond acceptors (Lipinski definition) is 2. The smallest absolute Gasteiger partial charge is 0.216 e. The van der Waals surface area contributed by atoms with Gasteiger partial charge in [-0.1, -0.05) is 80.9 Å². The normalized spacial score (nSPS) is 13.8. The van der Waals surface area contributed by atoms with Gasteiger partial charge >= 0.3 is 0 Å². The third-order valence-electron chi connectivity index (χ3n) is 7.52. The van der Waals surface area contributed by atoms with E-state index in [-0.39, 0.29) is 0 Å². The molecule has 0 saturated heterocycles. The van der Waals surface area contributed by atoms with E-state index in [2.05, 4.69) is 81.7 Å². The van der Waals surface area contributed by atoms with E-state index < -0.39 is 23.0 Å². The minimum absolute atomic E-state index is 0.409. The van der Waals surface area contributed by atoms with E-state index >= 15 is 0 Å². The number of nitrogens with zero attached hydrogens (tertiary/aromatic N) is 2. The molecule has 0 N–H and O–H groups in total. The molecule has 0 fully saturated rings. The zero-order valence-corrected chi connectivity index (χ0v) is 25.6. The van der Waals surface area contributed by atoms with Gasteiger partial charge in [0.25, 0.3) is 0 Å². The summed E-state index contributed by atoms with van der Waals surface area (Å²) >= 11 is 0. The summed E-state index contributed by atoms with van der Waals surface area (Å²) in [6, 6.07) is 20.7. The second-order valence-electron chi connectivity index (χ2n) is 12.4. The van der Waals surface area contributed by atoms with Crippen LogP contribution < -0.4 is 14.9 Å². The molecule has 0 aliphatic rings. The first-order valence-corrected chi connectivity index (χ1v) is 20.1. The van der Waals surface area contributed by atoms with Crippen LogP contribution in [0.4, 0.5) is 0 Å². The van der Waals surface area contributed by atoms with Gasteiger partial charge in [-0.25, -0.2) is 4.57 Å². The Bertz CT molecular complexity index is 1870. The Morgan fingerprint density at radius 1 is 0.816 bits per heavy atom. The topological polar surface area (TPSA) is 40.8 Å². The van der Waals surface area contributed by atoms with Crippen molar-refractivity contribution in [3.8, 4) is 28.5 Å². The molecule has 0 bridgehead atoms. The van der Waals surface area contributed by atoms with E-state index in [9.17, 15) is 5.26 Å². The monoisotopic (exact) mass is 536 g/mol. The lowest BCUT2D eigenvalue weighted by atomic mass is 9.96. The minimum Gasteiger partial charge on any atom is -0.454 e. The molecule has 5 heteroatoms. The van der Waals surface area contributed by atoms with Crippen LogP contribution in [0.15, 0.2) is 65.2 Å². The van der Waals surface area contributed by atoms with Gasteiger partial charge in [0.05, 0.1) is 33.3 Å². The van der Waals surface area contributed by atoms with Crippen molar-refractivity contribution in [1.29, 1.82) is 5.26 Å². The molecule has 0 saturated carbocycles. The molecule has 38 heavy (non-hydrogen) atoms. The highest BCUT2D eigenvalue weighted by Crippen LogP contribution is 2.41. The van der Waals surface area contributed by atoms with E-state index in [1.807, 2.05) is 42.9 Å². The Morgan fingerprint density at radius 3 is 2.03 bits per heavy atom. The summed E-state index contributed by atoms with van der Waals surface area (Å²) in [4.78, 5) is 0. The minimum atomic E-state index is -2.23. The van der Waals surface area contributed by atoms with Crippen molar-refractivity contribution in [2.24, 2.45) is 7.05 Å². The molecule has 0 aliphatic heterocycles. The van der Waals surface area contributed by atoms with E-state index in [0.717, 1.165) is 43.9 Å². The van der Waals surface area contributed by atoms with Crippen LogP contribution in [0.2, 0.25) is 39.3 Å². The maximum atomic E-state index is 10.1. The summed E-state index contributed by atoms with van der Waals surface area (Å²) in [6.45, 7) is 13.3. The summed E-state index contributed by atoms with van der Waals surface area (Å²) in [6.07, 6.45) is 2.00. The quantitative estimate of drug-likeness (QED) is 0.178. The summed E-state index contributed by atoms with van der Waals surface area (Å²) < 4.78 is 33.8. The molecule has 0 atom stereocenters. The van der Waals surface area contributed by atoms with Crippen LogP contribution in [0, 0.1) is 25.1 Å². The van der Waals surface area contributed by atoms with Crippen LogP contribution in [-0.2, 0) is 7.05 Å². The number of benzene rings is 3. The molecule has 0 amide bonds. The summed E-state index contributed by atoms with van der Waals surface area (Å²) in [5, 5.41) is 14.2. The van der Waals surface area contributed by atoms with Gasteiger partial charge < -0.3 is 4.42 Å². The van der Waals surface area contributed by atoms with Gasteiger partial charge in [-0.15, -0.1) is 0 Å². The van der Waals surface area contributed by atoms with Gasteiger partial charge in [-0.05, 0) is 42.6 Å². The van der Waals surface area contributed by atoms with Crippen molar-refractivity contribution in [3.05, 3.63) is 77.5 Å². The van der Waals surface area contributed by atoms with Crippen molar-refractivity contribution < 1.29 is 13.1 Å². The second kappa shape index (κ2) is 9.08. The van der Waals surface area contributed by atoms with E-state index in [4.69, 9.17) is 8.53 Å². The van der Waals surface area contributed by atoms with Crippen LogP contribution in [0.1, 0.15) is 20.8 Å². The predicted octanol–water partition coefficient (Wildman–Crippen LogP) is 7.32. The Kier molecular flexibility index (Phi) is 5.38. The highest BCUT2D eigenvalue weighted by molar-refractivity contribution is 6.89. The Labute approximate surface area is 232 Å². The highest BCUT2D eigenvalue weighted by atomic mass is 28.3. The molecule has 2 heterocycles. The molecule has 192 valence electrons. The molecule has 3 aromatic carbocycles. The summed E-state index contributed by atoms with van der Waals surface area (Å²) in [7, 11) is -1.44. The van der Waals surface area contributed by atoms with Crippen molar-refractivity contribution >= 4 is 48.5 Å². The number of pyridine rings is 1. The van der Waals surface area contributed by atoms with Crippen molar-refractivity contribution in [1.82, 2.24) is 0 Å². The molecular formula is C33H37N2OSi2+. The Hall–Kier alpha value is -3.47. The number of aromatic nitrogens is 1. The fraction of sp³-hybridized carbons (Fsp3) is 0.273. The number of aryl methyl sites for hydroxylation is 3.